The molecule has 2 rings (SSSR count). The van der Waals surface area contributed by atoms with Crippen LogP contribution in [0.1, 0.15) is 29.3 Å². The highest BCUT2D eigenvalue weighted by Crippen LogP contribution is 2.33. The van der Waals surface area contributed by atoms with Crippen molar-refractivity contribution < 1.29 is 18.0 Å². The first-order chi connectivity index (χ1) is 10.4. The molecule has 0 fully saturated rings. The van der Waals surface area contributed by atoms with Crippen molar-refractivity contribution >= 4 is 11.6 Å². The normalized spacial score (nSPS) is 11.3. The van der Waals surface area contributed by atoms with E-state index in [4.69, 9.17) is 0 Å². The Labute approximate surface area is 126 Å². The number of anilines is 1. The highest BCUT2D eigenvalue weighted by molar-refractivity contribution is 6.07. The fraction of sp³-hybridized carbons (Fsp3) is 0.250. The summed E-state index contributed by atoms with van der Waals surface area (Å²) in [6, 6.07) is 8.10. The van der Waals surface area contributed by atoms with Crippen LogP contribution in [-0.2, 0) is 6.18 Å². The summed E-state index contributed by atoms with van der Waals surface area (Å²) in [7, 11) is 0. The lowest BCUT2D eigenvalue weighted by Crippen LogP contribution is -2.33. The monoisotopic (exact) mass is 308 g/mol. The van der Waals surface area contributed by atoms with E-state index >= 15 is 0 Å². The molecule has 1 amide bonds. The summed E-state index contributed by atoms with van der Waals surface area (Å²) in [5.41, 5.74) is -0.802. The van der Waals surface area contributed by atoms with Crippen LogP contribution in [0.15, 0.2) is 48.8 Å². The standard InChI is InChI=1S/C16H15F3N2O/c1-2-10-21(12-6-5-9-20-11-12)15(22)13-7-3-4-8-14(13)16(17,18)19/h3-9,11H,2,10H2,1H3. The molecule has 0 N–H and O–H groups in total. The van der Waals surface area contributed by atoms with Gasteiger partial charge in [0.2, 0.25) is 0 Å². The third-order valence-electron chi connectivity index (χ3n) is 3.11. The number of benzene rings is 1. The number of alkyl halides is 3. The Balaban J connectivity index is 2.45. The first-order valence-corrected chi connectivity index (χ1v) is 6.83. The molecule has 0 unspecified atom stereocenters. The minimum absolute atomic E-state index is 0.316. The van der Waals surface area contributed by atoms with E-state index in [2.05, 4.69) is 4.98 Å². The second-order valence-electron chi connectivity index (χ2n) is 4.71. The van der Waals surface area contributed by atoms with Crippen molar-refractivity contribution in [3.05, 3.63) is 59.9 Å². The molecular formula is C16H15F3N2O. The van der Waals surface area contributed by atoms with Gasteiger partial charge in [0, 0.05) is 12.7 Å². The van der Waals surface area contributed by atoms with Crippen LogP contribution in [-0.4, -0.2) is 17.4 Å². The third kappa shape index (κ3) is 3.44. The van der Waals surface area contributed by atoms with Gasteiger partial charge in [-0.1, -0.05) is 19.1 Å². The van der Waals surface area contributed by atoms with E-state index in [-0.39, 0.29) is 5.56 Å². The highest BCUT2D eigenvalue weighted by Gasteiger charge is 2.36. The van der Waals surface area contributed by atoms with E-state index < -0.39 is 17.6 Å². The van der Waals surface area contributed by atoms with Gasteiger partial charge in [-0.15, -0.1) is 0 Å². The number of amides is 1. The average molecular weight is 308 g/mol. The van der Waals surface area contributed by atoms with Crippen LogP contribution in [0, 0.1) is 0 Å². The van der Waals surface area contributed by atoms with E-state index in [1.54, 1.807) is 18.3 Å². The smallest absolute Gasteiger partial charge is 0.307 e. The predicted molar refractivity (Wildman–Crippen MR) is 77.6 cm³/mol. The molecule has 1 aromatic heterocycles. The van der Waals surface area contributed by atoms with Crippen molar-refractivity contribution in [3.8, 4) is 0 Å². The van der Waals surface area contributed by atoms with Gasteiger partial charge in [-0.25, -0.2) is 0 Å². The summed E-state index contributed by atoms with van der Waals surface area (Å²) in [5.74, 6) is -0.678. The van der Waals surface area contributed by atoms with Gasteiger partial charge >= 0.3 is 6.18 Å². The van der Waals surface area contributed by atoms with E-state index in [9.17, 15) is 18.0 Å². The lowest BCUT2D eigenvalue weighted by Gasteiger charge is -2.23. The number of hydrogen-bond donors (Lipinski definition) is 0. The first kappa shape index (κ1) is 16.0. The number of halogens is 3. The molecule has 22 heavy (non-hydrogen) atoms. The average Bonchev–Trinajstić information content (AvgIpc) is 2.52. The van der Waals surface area contributed by atoms with Crippen molar-refractivity contribution in [2.24, 2.45) is 0 Å². The van der Waals surface area contributed by atoms with Gasteiger partial charge in [-0.2, -0.15) is 13.2 Å². The Morgan fingerprint density at radius 3 is 2.50 bits per heavy atom. The van der Waals surface area contributed by atoms with E-state index in [1.165, 1.54) is 29.3 Å². The number of pyridine rings is 1. The van der Waals surface area contributed by atoms with E-state index in [0.29, 0.717) is 18.7 Å². The Morgan fingerprint density at radius 2 is 1.91 bits per heavy atom. The number of aromatic nitrogens is 1. The van der Waals surface area contributed by atoms with Crippen molar-refractivity contribution in [3.63, 3.8) is 0 Å². The van der Waals surface area contributed by atoms with Crippen LogP contribution in [0.4, 0.5) is 18.9 Å². The van der Waals surface area contributed by atoms with E-state index in [1.807, 2.05) is 6.92 Å². The number of rotatable bonds is 4. The quantitative estimate of drug-likeness (QED) is 0.850. The fourth-order valence-corrected chi connectivity index (χ4v) is 2.15. The maximum Gasteiger partial charge on any atom is 0.417 e. The summed E-state index contributed by atoms with van der Waals surface area (Å²) in [6.45, 7) is 2.17. The van der Waals surface area contributed by atoms with Gasteiger partial charge < -0.3 is 4.90 Å². The van der Waals surface area contributed by atoms with Crippen molar-refractivity contribution in [1.29, 1.82) is 0 Å². The molecule has 6 heteroatoms. The number of carbonyl (C=O) groups is 1. The van der Waals surface area contributed by atoms with Crippen molar-refractivity contribution in [2.45, 2.75) is 19.5 Å². The molecule has 1 heterocycles. The zero-order valence-electron chi connectivity index (χ0n) is 12.0. The number of hydrogen-bond acceptors (Lipinski definition) is 2. The molecule has 0 saturated carbocycles. The summed E-state index contributed by atoms with van der Waals surface area (Å²) in [6.07, 6.45) is -0.945. The van der Waals surface area contributed by atoms with Gasteiger partial charge in [-0.05, 0) is 30.7 Å². The molecule has 0 aliphatic rings. The minimum atomic E-state index is -4.57. The molecule has 0 aliphatic heterocycles. The van der Waals surface area contributed by atoms with Gasteiger partial charge in [0.15, 0.2) is 0 Å². The molecule has 2 aromatic rings. The van der Waals surface area contributed by atoms with Gasteiger partial charge in [0.05, 0.1) is 23.0 Å². The summed E-state index contributed by atoms with van der Waals surface area (Å²) < 4.78 is 39.2. The lowest BCUT2D eigenvalue weighted by atomic mass is 10.1. The largest absolute Gasteiger partial charge is 0.417 e. The molecule has 0 aliphatic carbocycles. The van der Waals surface area contributed by atoms with Crippen molar-refractivity contribution in [1.82, 2.24) is 4.98 Å². The molecule has 1 aromatic carbocycles. The summed E-state index contributed by atoms with van der Waals surface area (Å²) >= 11 is 0. The zero-order valence-corrected chi connectivity index (χ0v) is 12.0. The Morgan fingerprint density at radius 1 is 1.18 bits per heavy atom. The number of nitrogens with zero attached hydrogens (tertiary/aromatic N) is 2. The van der Waals surface area contributed by atoms with Crippen LogP contribution in [0.2, 0.25) is 0 Å². The minimum Gasteiger partial charge on any atom is -0.307 e. The maximum atomic E-state index is 13.1. The highest BCUT2D eigenvalue weighted by atomic mass is 19.4. The Kier molecular flexibility index (Phi) is 4.80. The van der Waals surface area contributed by atoms with E-state index in [0.717, 1.165) is 6.07 Å². The van der Waals surface area contributed by atoms with Gasteiger partial charge in [-0.3, -0.25) is 9.78 Å². The first-order valence-electron chi connectivity index (χ1n) is 6.83. The third-order valence-corrected chi connectivity index (χ3v) is 3.11. The lowest BCUT2D eigenvalue weighted by molar-refractivity contribution is -0.137. The Bertz CT molecular complexity index is 641. The van der Waals surface area contributed by atoms with Crippen LogP contribution < -0.4 is 4.90 Å². The molecular weight excluding hydrogens is 293 g/mol. The van der Waals surface area contributed by atoms with Crippen LogP contribution in [0.3, 0.4) is 0 Å². The fourth-order valence-electron chi connectivity index (χ4n) is 2.15. The molecule has 0 spiro atoms. The van der Waals surface area contributed by atoms with Gasteiger partial charge in [0.25, 0.3) is 5.91 Å². The van der Waals surface area contributed by atoms with Crippen LogP contribution in [0.5, 0.6) is 0 Å². The van der Waals surface area contributed by atoms with Crippen molar-refractivity contribution in [2.75, 3.05) is 11.4 Å². The molecule has 3 nitrogen and oxygen atoms in total. The summed E-state index contributed by atoms with van der Waals surface area (Å²) in [4.78, 5) is 17.8. The Hall–Kier alpha value is -2.37. The molecule has 0 saturated heterocycles. The zero-order chi connectivity index (χ0) is 16.2. The molecule has 0 atom stereocenters. The van der Waals surface area contributed by atoms with Gasteiger partial charge in [0.1, 0.15) is 0 Å². The topological polar surface area (TPSA) is 33.2 Å². The molecule has 116 valence electrons. The number of carbonyl (C=O) groups excluding carboxylic acids is 1. The maximum absolute atomic E-state index is 13.1. The molecule has 0 bridgehead atoms. The molecule has 0 radical (unpaired) electrons. The van der Waals surface area contributed by atoms with Crippen LogP contribution >= 0.6 is 0 Å². The van der Waals surface area contributed by atoms with Crippen LogP contribution in [0.25, 0.3) is 0 Å². The summed E-state index contributed by atoms with van der Waals surface area (Å²) in [5, 5.41) is 0. The predicted octanol–water partition coefficient (Wildman–Crippen LogP) is 4.16. The SMILES string of the molecule is CCCN(C(=O)c1ccccc1C(F)(F)F)c1cccnc1. The second-order valence-corrected chi connectivity index (χ2v) is 4.71. The second kappa shape index (κ2) is 6.60.